The summed E-state index contributed by atoms with van der Waals surface area (Å²) < 4.78 is 1.10. The highest BCUT2D eigenvalue weighted by atomic mass is 35.5. The summed E-state index contributed by atoms with van der Waals surface area (Å²) in [5.41, 5.74) is 2.95. The first-order valence-electron chi connectivity index (χ1n) is 9.76. The van der Waals surface area contributed by atoms with Crippen LogP contribution in [-0.2, 0) is 13.0 Å². The number of benzene rings is 2. The number of hydrogen-bond donors (Lipinski definition) is 1. The maximum absolute atomic E-state index is 13.1. The highest BCUT2D eigenvalue weighted by molar-refractivity contribution is 7.17. The lowest BCUT2D eigenvalue weighted by molar-refractivity contribution is 0.0735. The normalized spacial score (nSPS) is 13.1. The van der Waals surface area contributed by atoms with Gasteiger partial charge in [-0.05, 0) is 30.3 Å². The van der Waals surface area contributed by atoms with Gasteiger partial charge in [0.1, 0.15) is 0 Å². The molecule has 0 saturated heterocycles. The number of carbonyl (C=O) groups is 2. The largest absolute Gasteiger partial charge is 0.334 e. The molecule has 0 atom stereocenters. The van der Waals surface area contributed by atoms with E-state index in [4.69, 9.17) is 11.6 Å². The lowest BCUT2D eigenvalue weighted by Crippen LogP contribution is -2.36. The van der Waals surface area contributed by atoms with E-state index >= 15 is 0 Å². The van der Waals surface area contributed by atoms with E-state index in [0.717, 1.165) is 26.9 Å². The van der Waals surface area contributed by atoms with Gasteiger partial charge in [0.15, 0.2) is 0 Å². The second-order valence-electron chi connectivity index (χ2n) is 7.25. The zero-order chi connectivity index (χ0) is 21.4. The molecule has 154 valence electrons. The molecule has 1 aliphatic heterocycles. The fraction of sp³-hybridized carbons (Fsp3) is 0.130. The molecule has 5 rings (SSSR count). The Labute approximate surface area is 187 Å². The minimum absolute atomic E-state index is 0.0169. The SMILES string of the molecule is O=C(Nc1ncc2c(n1)CCN(C(=O)c1csc3ccccc13)C2)c1ccc(Cl)cc1. The van der Waals surface area contributed by atoms with Gasteiger partial charge in [-0.15, -0.1) is 11.3 Å². The van der Waals surface area contributed by atoms with Crippen LogP contribution in [0.2, 0.25) is 5.02 Å². The van der Waals surface area contributed by atoms with Crippen molar-refractivity contribution in [2.75, 3.05) is 11.9 Å². The third-order valence-electron chi connectivity index (χ3n) is 5.26. The van der Waals surface area contributed by atoms with Crippen molar-refractivity contribution in [2.24, 2.45) is 0 Å². The Kier molecular flexibility index (Phi) is 5.13. The molecular formula is C23H17ClN4O2S. The highest BCUT2D eigenvalue weighted by Gasteiger charge is 2.25. The average Bonchev–Trinajstić information content (AvgIpc) is 3.23. The summed E-state index contributed by atoms with van der Waals surface area (Å²) in [4.78, 5) is 36.1. The number of nitrogens with one attached hydrogen (secondary N) is 1. The van der Waals surface area contributed by atoms with Crippen LogP contribution in [0.1, 0.15) is 32.0 Å². The van der Waals surface area contributed by atoms with Crippen LogP contribution in [0.3, 0.4) is 0 Å². The number of rotatable bonds is 3. The van der Waals surface area contributed by atoms with Crippen molar-refractivity contribution in [3.05, 3.63) is 87.5 Å². The summed E-state index contributed by atoms with van der Waals surface area (Å²) in [6, 6.07) is 14.5. The molecule has 1 aliphatic rings. The van der Waals surface area contributed by atoms with Gasteiger partial charge in [-0.2, -0.15) is 0 Å². The lowest BCUT2D eigenvalue weighted by Gasteiger charge is -2.28. The Morgan fingerprint density at radius 2 is 1.90 bits per heavy atom. The lowest BCUT2D eigenvalue weighted by atomic mass is 10.1. The highest BCUT2D eigenvalue weighted by Crippen LogP contribution is 2.28. The number of hydrogen-bond acceptors (Lipinski definition) is 5. The van der Waals surface area contributed by atoms with Crippen molar-refractivity contribution in [1.82, 2.24) is 14.9 Å². The van der Waals surface area contributed by atoms with Crippen LogP contribution in [0.4, 0.5) is 5.95 Å². The zero-order valence-corrected chi connectivity index (χ0v) is 17.9. The number of fused-ring (bicyclic) bond motifs is 2. The quantitative estimate of drug-likeness (QED) is 0.488. The number of carbonyl (C=O) groups excluding carboxylic acids is 2. The molecular weight excluding hydrogens is 432 g/mol. The first-order chi connectivity index (χ1) is 15.1. The van der Waals surface area contributed by atoms with Crippen molar-refractivity contribution in [3.8, 4) is 0 Å². The van der Waals surface area contributed by atoms with E-state index < -0.39 is 0 Å². The Bertz CT molecular complexity index is 1300. The van der Waals surface area contributed by atoms with Crippen LogP contribution in [0, 0.1) is 0 Å². The van der Waals surface area contributed by atoms with Gasteiger partial charge < -0.3 is 4.90 Å². The Balaban J connectivity index is 1.31. The van der Waals surface area contributed by atoms with E-state index in [9.17, 15) is 9.59 Å². The summed E-state index contributed by atoms with van der Waals surface area (Å²) in [6.07, 6.45) is 2.29. The van der Waals surface area contributed by atoms with Gasteiger partial charge in [0, 0.05) is 57.3 Å². The first kappa shape index (κ1) is 19.7. The molecule has 0 spiro atoms. The number of nitrogens with zero attached hydrogens (tertiary/aromatic N) is 3. The van der Waals surface area contributed by atoms with E-state index in [0.29, 0.717) is 30.1 Å². The molecule has 0 fully saturated rings. The summed E-state index contributed by atoms with van der Waals surface area (Å²) in [6.45, 7) is 1.02. The molecule has 2 amide bonds. The fourth-order valence-corrected chi connectivity index (χ4v) is 4.70. The molecule has 3 heterocycles. The van der Waals surface area contributed by atoms with E-state index in [1.807, 2.05) is 34.5 Å². The summed E-state index contributed by atoms with van der Waals surface area (Å²) in [7, 11) is 0. The van der Waals surface area contributed by atoms with Crippen LogP contribution in [-0.4, -0.2) is 33.2 Å². The van der Waals surface area contributed by atoms with E-state index in [1.165, 1.54) is 0 Å². The van der Waals surface area contributed by atoms with Crippen molar-refractivity contribution < 1.29 is 9.59 Å². The molecule has 6 nitrogen and oxygen atoms in total. The van der Waals surface area contributed by atoms with E-state index in [-0.39, 0.29) is 17.8 Å². The van der Waals surface area contributed by atoms with Gasteiger partial charge in [-0.25, -0.2) is 9.97 Å². The zero-order valence-electron chi connectivity index (χ0n) is 16.3. The number of halogens is 1. The van der Waals surface area contributed by atoms with Gasteiger partial charge in [-0.1, -0.05) is 29.8 Å². The van der Waals surface area contributed by atoms with Crippen LogP contribution in [0.25, 0.3) is 10.1 Å². The predicted octanol–water partition coefficient (Wildman–Crippen LogP) is 4.80. The molecule has 8 heteroatoms. The van der Waals surface area contributed by atoms with Crippen LogP contribution in [0.15, 0.2) is 60.1 Å². The molecule has 0 unspecified atom stereocenters. The maximum Gasteiger partial charge on any atom is 0.258 e. The summed E-state index contributed by atoms with van der Waals surface area (Å²) >= 11 is 7.45. The minimum atomic E-state index is -0.298. The van der Waals surface area contributed by atoms with Gasteiger partial charge in [0.05, 0.1) is 11.3 Å². The topological polar surface area (TPSA) is 75.2 Å². The fourth-order valence-electron chi connectivity index (χ4n) is 3.64. The molecule has 31 heavy (non-hydrogen) atoms. The molecule has 2 aromatic heterocycles. The first-order valence-corrected chi connectivity index (χ1v) is 11.0. The second kappa shape index (κ2) is 8.09. The van der Waals surface area contributed by atoms with E-state index in [2.05, 4.69) is 15.3 Å². The molecule has 1 N–H and O–H groups in total. The number of amides is 2. The van der Waals surface area contributed by atoms with Crippen molar-refractivity contribution >= 4 is 50.8 Å². The maximum atomic E-state index is 13.1. The Morgan fingerprint density at radius 1 is 1.10 bits per heavy atom. The predicted molar refractivity (Wildman–Crippen MR) is 122 cm³/mol. The van der Waals surface area contributed by atoms with Gasteiger partial charge in [0.25, 0.3) is 11.8 Å². The standard InChI is InChI=1S/C23H17ClN4O2S/c24-16-7-5-14(6-8-16)21(29)27-23-25-11-15-12-28(10-9-19(15)26-23)22(30)18-13-31-20-4-2-1-3-17(18)20/h1-8,11,13H,9-10,12H2,(H,25,26,27,29). The van der Waals surface area contributed by atoms with Crippen LogP contribution in [0.5, 0.6) is 0 Å². The van der Waals surface area contributed by atoms with Gasteiger partial charge in [0.2, 0.25) is 5.95 Å². The van der Waals surface area contributed by atoms with Gasteiger partial charge in [-0.3, -0.25) is 14.9 Å². The minimum Gasteiger partial charge on any atom is -0.334 e. The van der Waals surface area contributed by atoms with Crippen LogP contribution >= 0.6 is 22.9 Å². The Morgan fingerprint density at radius 3 is 2.74 bits per heavy atom. The summed E-state index contributed by atoms with van der Waals surface area (Å²) in [5.74, 6) is -0.0286. The van der Waals surface area contributed by atoms with Gasteiger partial charge >= 0.3 is 0 Å². The molecule has 0 aliphatic carbocycles. The molecule has 0 bridgehead atoms. The second-order valence-corrected chi connectivity index (χ2v) is 8.60. The van der Waals surface area contributed by atoms with Crippen molar-refractivity contribution in [3.63, 3.8) is 0 Å². The molecule has 2 aromatic carbocycles. The molecule has 0 radical (unpaired) electrons. The summed E-state index contributed by atoms with van der Waals surface area (Å²) in [5, 5.41) is 6.20. The Hall–Kier alpha value is -3.29. The van der Waals surface area contributed by atoms with Crippen LogP contribution < -0.4 is 5.32 Å². The number of thiophene rings is 1. The molecule has 4 aromatic rings. The van der Waals surface area contributed by atoms with E-state index in [1.54, 1.807) is 41.8 Å². The average molecular weight is 449 g/mol. The smallest absolute Gasteiger partial charge is 0.258 e. The molecule has 0 saturated carbocycles. The third-order valence-corrected chi connectivity index (χ3v) is 6.48. The van der Waals surface area contributed by atoms with Crippen molar-refractivity contribution in [1.29, 1.82) is 0 Å². The van der Waals surface area contributed by atoms with Crippen molar-refractivity contribution in [2.45, 2.75) is 13.0 Å². The number of anilines is 1. The third kappa shape index (κ3) is 3.89. The monoisotopic (exact) mass is 448 g/mol. The number of aromatic nitrogens is 2.